The Morgan fingerprint density at radius 1 is 1.06 bits per heavy atom. The van der Waals surface area contributed by atoms with Gasteiger partial charge in [0.25, 0.3) is 0 Å². The number of primary amides is 2. The molecule has 0 atom stereocenters. The van der Waals surface area contributed by atoms with Gasteiger partial charge in [0.1, 0.15) is 0 Å². The molecule has 2 aromatic carbocycles. The molecule has 2 amide bonds. The van der Waals surface area contributed by atoms with Crippen LogP contribution in [0.5, 0.6) is 0 Å². The van der Waals surface area contributed by atoms with E-state index in [1.54, 1.807) is 6.07 Å². The van der Waals surface area contributed by atoms with Gasteiger partial charge in [-0.1, -0.05) is 5.56 Å². The maximum absolute atomic E-state index is 10.6. The number of carbonyl (C=O) groups is 2. The van der Waals surface area contributed by atoms with Crippen molar-refractivity contribution in [2.45, 2.75) is 0 Å². The normalized spacial score (nSPS) is 8.47. The second-order valence-corrected chi connectivity index (χ2v) is 3.04. The van der Waals surface area contributed by atoms with Crippen LogP contribution in [0.15, 0.2) is 48.5 Å². The molecule has 4 nitrogen and oxygen atoms in total. The van der Waals surface area contributed by atoms with Crippen molar-refractivity contribution in [3.63, 3.8) is 0 Å². The summed E-state index contributed by atoms with van der Waals surface area (Å²) in [5, 5.41) is 0. The second-order valence-electron chi connectivity index (χ2n) is 3.04. The second kappa shape index (κ2) is 7.44. The molecule has 0 aliphatic rings. The van der Waals surface area contributed by atoms with E-state index in [1.165, 1.54) is 12.1 Å². The van der Waals surface area contributed by atoms with Gasteiger partial charge < -0.3 is 46.6 Å². The molecule has 0 radical (unpaired) electrons. The molecule has 0 aliphatic carbocycles. The monoisotopic (exact) mass is 272 g/mol. The van der Waals surface area contributed by atoms with Crippen LogP contribution in [0.3, 0.4) is 0 Å². The van der Waals surface area contributed by atoms with E-state index in [1.807, 2.05) is 30.3 Å². The average molecular weight is 272 g/mol. The van der Waals surface area contributed by atoms with Crippen LogP contribution in [-0.2, 0) is 17.1 Å². The van der Waals surface area contributed by atoms with Crippen molar-refractivity contribution in [2.75, 3.05) is 0 Å². The summed E-state index contributed by atoms with van der Waals surface area (Å²) in [5.74, 6) is -1.27. The minimum absolute atomic E-state index is 0. The fourth-order valence-corrected chi connectivity index (χ4v) is 1.17. The van der Waals surface area contributed by atoms with Gasteiger partial charge in [0.15, 0.2) is 5.91 Å². The van der Waals surface area contributed by atoms with Crippen molar-refractivity contribution in [1.29, 1.82) is 0 Å². The Morgan fingerprint density at radius 3 is 1.82 bits per heavy atom. The minimum atomic E-state index is -0.635. The Balaban J connectivity index is 0.000000360. The summed E-state index contributed by atoms with van der Waals surface area (Å²) in [5.41, 5.74) is 10.3. The van der Waals surface area contributed by atoms with Crippen LogP contribution in [-0.4, -0.2) is 11.8 Å². The number of carbonyl (C=O) groups excluding carboxylic acids is 2. The summed E-state index contributed by atoms with van der Waals surface area (Å²) in [6.45, 7) is 0. The third kappa shape index (κ3) is 4.68. The van der Waals surface area contributed by atoms with Crippen molar-refractivity contribution in [2.24, 2.45) is 11.5 Å². The maximum Gasteiger partial charge on any atom is 0.206 e. The zero-order valence-electron chi connectivity index (χ0n) is 8.94. The van der Waals surface area contributed by atoms with Crippen LogP contribution in [0, 0.1) is 0 Å². The first-order chi connectivity index (χ1) is 7.63. The molecule has 17 heavy (non-hydrogen) atoms. The maximum atomic E-state index is 10.6. The van der Waals surface area contributed by atoms with E-state index in [9.17, 15) is 9.59 Å². The van der Waals surface area contributed by atoms with Gasteiger partial charge in [0.05, 0.1) is 0 Å². The molecule has 4 N–H and O–H groups in total. The molecule has 0 aromatic heterocycles. The van der Waals surface area contributed by atoms with Crippen LogP contribution in [0.2, 0.25) is 0 Å². The van der Waals surface area contributed by atoms with Crippen molar-refractivity contribution < 1.29 is 26.7 Å². The molecule has 0 spiro atoms. The molecule has 0 bridgehead atoms. The van der Waals surface area contributed by atoms with E-state index in [4.69, 9.17) is 11.5 Å². The number of amides is 2. The van der Waals surface area contributed by atoms with E-state index in [-0.39, 0.29) is 28.2 Å². The molecule has 2 rings (SSSR count). The summed E-state index contributed by atoms with van der Waals surface area (Å²) < 4.78 is 0. The van der Waals surface area contributed by atoms with E-state index in [2.05, 4.69) is 0 Å². The molecular weight excluding hydrogens is 260 g/mol. The largest absolute Gasteiger partial charge is 0.748 e. The van der Waals surface area contributed by atoms with Crippen molar-refractivity contribution in [1.82, 2.24) is 0 Å². The summed E-state index contributed by atoms with van der Waals surface area (Å²) in [7, 11) is 0. The van der Waals surface area contributed by atoms with E-state index >= 15 is 0 Å². The number of hydrogen-bond donors (Lipinski definition) is 2. The van der Waals surface area contributed by atoms with Gasteiger partial charge in [-0.05, 0) is 5.56 Å². The number of hydrogen-bond acceptors (Lipinski definition) is 2. The first-order valence-electron chi connectivity index (χ1n) is 4.65. The quantitative estimate of drug-likeness (QED) is 0.631. The molecule has 5 heteroatoms. The van der Waals surface area contributed by atoms with E-state index in [0.717, 1.165) is 0 Å². The minimum Gasteiger partial charge on any atom is -0.748 e. The summed E-state index contributed by atoms with van der Waals surface area (Å²) in [6, 6.07) is 14.5. The topological polar surface area (TPSA) is 86.2 Å². The Labute approximate surface area is 110 Å². The Hall–Kier alpha value is -1.84. The van der Waals surface area contributed by atoms with Crippen molar-refractivity contribution in [3.8, 4) is 0 Å². The molecule has 0 saturated heterocycles. The zero-order valence-corrected chi connectivity index (χ0v) is 10.0. The zero-order chi connectivity index (χ0) is 12.0. The van der Waals surface area contributed by atoms with Crippen LogP contribution < -0.4 is 11.5 Å². The number of rotatable bonds is 2. The third-order valence-electron chi connectivity index (χ3n) is 1.90. The fourth-order valence-electron chi connectivity index (χ4n) is 1.17. The first kappa shape index (κ1) is 15.2. The SMILES string of the molecule is NC(=O)c1ccc[c-]1C(N)=O.[Fe].[cH-]1[cH-][cH-][cH-][cH-]1. The smallest absolute Gasteiger partial charge is 0.206 e. The molecule has 0 heterocycles. The summed E-state index contributed by atoms with van der Waals surface area (Å²) >= 11 is 0. The predicted molar refractivity (Wildman–Crippen MR) is 61.1 cm³/mol. The number of nitrogens with two attached hydrogens (primary N) is 2. The Bertz CT molecular complexity index is 415. The van der Waals surface area contributed by atoms with Gasteiger partial charge in [-0.2, -0.15) is 12.1 Å². The molecule has 0 fully saturated rings. The van der Waals surface area contributed by atoms with Crippen LogP contribution >= 0.6 is 0 Å². The van der Waals surface area contributed by atoms with Crippen molar-refractivity contribution >= 4 is 11.8 Å². The van der Waals surface area contributed by atoms with Gasteiger partial charge in [0, 0.05) is 17.1 Å². The van der Waals surface area contributed by atoms with Crippen LogP contribution in [0.4, 0.5) is 0 Å². The molecular formula is C12H12FeN2O2-6. The van der Waals surface area contributed by atoms with E-state index in [0.29, 0.717) is 0 Å². The summed E-state index contributed by atoms with van der Waals surface area (Å²) in [4.78, 5) is 21.2. The first-order valence-corrected chi connectivity index (χ1v) is 4.65. The molecule has 0 saturated carbocycles. The van der Waals surface area contributed by atoms with Crippen LogP contribution in [0.1, 0.15) is 20.7 Å². The van der Waals surface area contributed by atoms with Gasteiger partial charge in [-0.25, -0.2) is 0 Å². The molecule has 96 valence electrons. The average Bonchev–Trinajstić information content (AvgIpc) is 2.92. The molecule has 0 unspecified atom stereocenters. The van der Waals surface area contributed by atoms with E-state index < -0.39 is 11.8 Å². The Kier molecular flexibility index (Phi) is 6.63. The standard InChI is InChI=1S/C7H7N2O2.C5H5.Fe/c8-6(10)4-2-1-3-5(4)7(9)11;1-2-4-5-3-1;/h1-3H,(H2,8,10)(H2,9,11);1-5H;/q-1;-5;. The van der Waals surface area contributed by atoms with Crippen LogP contribution in [0.25, 0.3) is 0 Å². The summed E-state index contributed by atoms with van der Waals surface area (Å²) in [6.07, 6.45) is 0. The van der Waals surface area contributed by atoms with Gasteiger partial charge in [-0.15, -0.1) is 6.07 Å². The molecule has 2 aromatic rings. The van der Waals surface area contributed by atoms with Gasteiger partial charge in [0.2, 0.25) is 5.91 Å². The molecule has 0 aliphatic heterocycles. The Morgan fingerprint density at radius 2 is 1.53 bits per heavy atom. The van der Waals surface area contributed by atoms with Gasteiger partial charge in [-0.3, -0.25) is 4.79 Å². The predicted octanol–water partition coefficient (Wildman–Crippen LogP) is 1.01. The van der Waals surface area contributed by atoms with Gasteiger partial charge >= 0.3 is 0 Å². The third-order valence-corrected chi connectivity index (χ3v) is 1.90. The van der Waals surface area contributed by atoms with Crippen molar-refractivity contribution in [3.05, 3.63) is 59.7 Å². The fraction of sp³-hybridized carbons (Fsp3) is 0.